The van der Waals surface area contributed by atoms with E-state index in [0.29, 0.717) is 18.9 Å². The Bertz CT molecular complexity index is 284. The molecule has 2 nitrogen and oxygen atoms in total. The largest absolute Gasteiger partial charge is 0.378 e. The van der Waals surface area contributed by atoms with Gasteiger partial charge in [-0.1, -0.05) is 12.1 Å². The van der Waals surface area contributed by atoms with Gasteiger partial charge in [-0.2, -0.15) is 0 Å². The molecule has 1 saturated heterocycles. The highest BCUT2D eigenvalue weighted by atomic mass is 19.1. The van der Waals surface area contributed by atoms with E-state index >= 15 is 0 Å². The van der Waals surface area contributed by atoms with Gasteiger partial charge in [0.15, 0.2) is 0 Å². The van der Waals surface area contributed by atoms with Gasteiger partial charge in [0.25, 0.3) is 0 Å². The topological polar surface area (TPSA) is 12.5 Å². The summed E-state index contributed by atoms with van der Waals surface area (Å²) >= 11 is 0. The summed E-state index contributed by atoms with van der Waals surface area (Å²) in [7, 11) is 0. The van der Waals surface area contributed by atoms with E-state index in [1.165, 1.54) is 6.07 Å². The molecule has 0 amide bonds. The average Bonchev–Trinajstić information content (AvgIpc) is 2.20. The first-order chi connectivity index (χ1) is 6.38. The number of halogens is 1. The molecule has 1 heterocycles. The predicted octanol–water partition coefficient (Wildman–Crippen LogP) is 1.66. The highest BCUT2D eigenvalue weighted by Gasteiger charge is 2.13. The highest BCUT2D eigenvalue weighted by Crippen LogP contribution is 2.19. The molecule has 1 aliphatic rings. The predicted molar refractivity (Wildman–Crippen MR) is 49.4 cm³/mol. The van der Waals surface area contributed by atoms with Crippen LogP contribution in [0.2, 0.25) is 0 Å². The fourth-order valence-electron chi connectivity index (χ4n) is 1.51. The molecule has 13 heavy (non-hydrogen) atoms. The van der Waals surface area contributed by atoms with Crippen LogP contribution >= 0.6 is 0 Å². The number of benzene rings is 1. The van der Waals surface area contributed by atoms with Crippen molar-refractivity contribution in [3.63, 3.8) is 0 Å². The smallest absolute Gasteiger partial charge is 0.146 e. The molecule has 0 saturated carbocycles. The number of hydrogen-bond acceptors (Lipinski definition) is 2. The van der Waals surface area contributed by atoms with E-state index in [2.05, 4.69) is 0 Å². The van der Waals surface area contributed by atoms with Gasteiger partial charge in [0.05, 0.1) is 18.9 Å². The van der Waals surface area contributed by atoms with E-state index in [9.17, 15) is 4.39 Å². The average molecular weight is 181 g/mol. The van der Waals surface area contributed by atoms with Crippen molar-refractivity contribution >= 4 is 5.69 Å². The van der Waals surface area contributed by atoms with Crippen molar-refractivity contribution in [3.8, 4) is 0 Å². The first kappa shape index (κ1) is 8.51. The Hall–Kier alpha value is -1.09. The molecule has 0 aromatic heterocycles. The number of para-hydroxylation sites is 1. The van der Waals surface area contributed by atoms with Gasteiger partial charge in [-0.3, -0.25) is 0 Å². The Labute approximate surface area is 76.9 Å². The van der Waals surface area contributed by atoms with E-state index in [4.69, 9.17) is 4.74 Å². The van der Waals surface area contributed by atoms with Crippen LogP contribution in [0, 0.1) is 5.82 Å². The van der Waals surface area contributed by atoms with Gasteiger partial charge in [0, 0.05) is 13.1 Å². The molecule has 3 heteroatoms. The standard InChI is InChI=1S/C10H12FNO/c11-9-3-1-2-4-10(9)12-5-7-13-8-6-12/h1-4H,5-8H2. The number of nitrogens with zero attached hydrogens (tertiary/aromatic N) is 1. The summed E-state index contributed by atoms with van der Waals surface area (Å²) < 4.78 is 18.5. The molecular weight excluding hydrogens is 169 g/mol. The second-order valence-corrected chi connectivity index (χ2v) is 3.05. The number of hydrogen-bond donors (Lipinski definition) is 0. The molecule has 0 atom stereocenters. The molecular formula is C10H12FNO. The minimum absolute atomic E-state index is 0.149. The SMILES string of the molecule is Fc1ccccc1N1CCOCC1. The normalized spacial score (nSPS) is 17.5. The quantitative estimate of drug-likeness (QED) is 0.653. The van der Waals surface area contributed by atoms with Crippen LogP contribution in [0.4, 0.5) is 10.1 Å². The molecule has 1 aromatic carbocycles. The van der Waals surface area contributed by atoms with Gasteiger partial charge >= 0.3 is 0 Å². The maximum absolute atomic E-state index is 13.3. The third-order valence-electron chi connectivity index (χ3n) is 2.20. The van der Waals surface area contributed by atoms with Crippen molar-refractivity contribution in [1.82, 2.24) is 0 Å². The first-order valence-electron chi connectivity index (χ1n) is 4.45. The van der Waals surface area contributed by atoms with E-state index in [0.717, 1.165) is 13.1 Å². The lowest BCUT2D eigenvalue weighted by Gasteiger charge is -2.28. The van der Waals surface area contributed by atoms with E-state index in [-0.39, 0.29) is 5.82 Å². The van der Waals surface area contributed by atoms with Crippen LogP contribution in [0.5, 0.6) is 0 Å². The van der Waals surface area contributed by atoms with Crippen LogP contribution in [-0.4, -0.2) is 26.3 Å². The van der Waals surface area contributed by atoms with Crippen LogP contribution in [0.25, 0.3) is 0 Å². The maximum atomic E-state index is 13.3. The minimum Gasteiger partial charge on any atom is -0.378 e. The summed E-state index contributed by atoms with van der Waals surface area (Å²) in [4.78, 5) is 2.01. The molecule has 0 aliphatic carbocycles. The van der Waals surface area contributed by atoms with Crippen molar-refractivity contribution < 1.29 is 9.13 Å². The van der Waals surface area contributed by atoms with Gasteiger partial charge < -0.3 is 9.64 Å². The fraction of sp³-hybridized carbons (Fsp3) is 0.400. The molecule has 1 aliphatic heterocycles. The summed E-state index contributed by atoms with van der Waals surface area (Å²) in [6.45, 7) is 2.94. The Morgan fingerprint density at radius 3 is 2.54 bits per heavy atom. The molecule has 0 radical (unpaired) electrons. The van der Waals surface area contributed by atoms with Gasteiger partial charge in [-0.15, -0.1) is 0 Å². The van der Waals surface area contributed by atoms with E-state index in [1.807, 2.05) is 11.0 Å². The van der Waals surface area contributed by atoms with Crippen LogP contribution < -0.4 is 4.90 Å². The molecule has 1 aromatic rings. The lowest BCUT2D eigenvalue weighted by molar-refractivity contribution is 0.122. The maximum Gasteiger partial charge on any atom is 0.146 e. The number of morpholine rings is 1. The molecule has 70 valence electrons. The summed E-state index contributed by atoms with van der Waals surface area (Å²) in [6.07, 6.45) is 0. The lowest BCUT2D eigenvalue weighted by Crippen LogP contribution is -2.36. The third-order valence-corrected chi connectivity index (χ3v) is 2.20. The molecule has 1 fully saturated rings. The fourth-order valence-corrected chi connectivity index (χ4v) is 1.51. The Morgan fingerprint density at radius 2 is 1.85 bits per heavy atom. The van der Waals surface area contributed by atoms with Crippen molar-refractivity contribution in [2.45, 2.75) is 0 Å². The number of anilines is 1. The zero-order valence-corrected chi connectivity index (χ0v) is 7.37. The van der Waals surface area contributed by atoms with Crippen LogP contribution in [0.1, 0.15) is 0 Å². The second-order valence-electron chi connectivity index (χ2n) is 3.05. The monoisotopic (exact) mass is 181 g/mol. The number of rotatable bonds is 1. The van der Waals surface area contributed by atoms with Crippen LogP contribution in [0.3, 0.4) is 0 Å². The van der Waals surface area contributed by atoms with Crippen LogP contribution in [0.15, 0.2) is 24.3 Å². The van der Waals surface area contributed by atoms with Crippen molar-refractivity contribution in [2.24, 2.45) is 0 Å². The lowest BCUT2D eigenvalue weighted by atomic mass is 10.2. The van der Waals surface area contributed by atoms with Gasteiger partial charge in [-0.05, 0) is 12.1 Å². The zero-order valence-electron chi connectivity index (χ0n) is 7.37. The van der Waals surface area contributed by atoms with E-state index in [1.54, 1.807) is 12.1 Å². The Morgan fingerprint density at radius 1 is 1.15 bits per heavy atom. The number of ether oxygens (including phenoxy) is 1. The van der Waals surface area contributed by atoms with Gasteiger partial charge in [-0.25, -0.2) is 4.39 Å². The summed E-state index contributed by atoms with van der Waals surface area (Å²) in [5.74, 6) is -0.149. The van der Waals surface area contributed by atoms with Crippen molar-refractivity contribution in [1.29, 1.82) is 0 Å². The second kappa shape index (κ2) is 3.75. The third kappa shape index (κ3) is 1.80. The molecule has 0 bridgehead atoms. The van der Waals surface area contributed by atoms with Crippen molar-refractivity contribution in [3.05, 3.63) is 30.1 Å². The molecule has 0 unspecified atom stereocenters. The van der Waals surface area contributed by atoms with Crippen molar-refractivity contribution in [2.75, 3.05) is 31.2 Å². The summed E-state index contributed by atoms with van der Waals surface area (Å²) in [5, 5.41) is 0. The zero-order chi connectivity index (χ0) is 9.10. The molecule has 0 spiro atoms. The summed E-state index contributed by atoms with van der Waals surface area (Å²) in [6, 6.07) is 6.86. The van der Waals surface area contributed by atoms with Gasteiger partial charge in [0.2, 0.25) is 0 Å². The Kier molecular flexibility index (Phi) is 2.45. The molecule has 2 rings (SSSR count). The first-order valence-corrected chi connectivity index (χ1v) is 4.45. The summed E-state index contributed by atoms with van der Waals surface area (Å²) in [5.41, 5.74) is 0.686. The highest BCUT2D eigenvalue weighted by molar-refractivity contribution is 5.47. The van der Waals surface area contributed by atoms with E-state index < -0.39 is 0 Å². The van der Waals surface area contributed by atoms with Crippen LogP contribution in [-0.2, 0) is 4.74 Å². The Balaban J connectivity index is 2.18. The molecule has 0 N–H and O–H groups in total. The van der Waals surface area contributed by atoms with Gasteiger partial charge in [0.1, 0.15) is 5.82 Å². The minimum atomic E-state index is -0.149.